The van der Waals surface area contributed by atoms with Crippen molar-refractivity contribution in [1.82, 2.24) is 9.80 Å². The van der Waals surface area contributed by atoms with E-state index in [-0.39, 0.29) is 54.6 Å². The molecule has 1 heterocycles. The Labute approximate surface area is 275 Å². The van der Waals surface area contributed by atoms with Gasteiger partial charge in [0.2, 0.25) is 5.91 Å². The maximum absolute atomic E-state index is 13.6. The first-order valence-electron chi connectivity index (χ1n) is 15.4. The van der Waals surface area contributed by atoms with E-state index in [2.05, 4.69) is 10.0 Å². The zero-order valence-corrected chi connectivity index (χ0v) is 27.7. The van der Waals surface area contributed by atoms with Gasteiger partial charge in [0.25, 0.3) is 10.0 Å². The number of benzene rings is 4. The van der Waals surface area contributed by atoms with E-state index in [0.717, 1.165) is 10.8 Å². The Kier molecular flexibility index (Phi) is 10.2. The minimum atomic E-state index is -3.94. The molecule has 0 fully saturated rings. The zero-order chi connectivity index (χ0) is 33.7. The van der Waals surface area contributed by atoms with Crippen LogP contribution in [0.15, 0.2) is 89.8 Å². The molecular formula is C35H40N4O7S. The maximum atomic E-state index is 13.6. The van der Waals surface area contributed by atoms with Crippen LogP contribution in [0.1, 0.15) is 19.4 Å². The SMILES string of the molecule is COc1ccc(S(=O)(=O)Nc2ccc3c(c2)CC(=O)N([C@H](C)CO)C[C@H](C)[C@H](CN(C)C(=O)Nc2cccc4ccccc24)O3)cc1. The molecule has 0 spiro atoms. The van der Waals surface area contributed by atoms with Crippen molar-refractivity contribution in [3.63, 3.8) is 0 Å². The number of aliphatic hydroxyl groups excluding tert-OH is 1. The number of ether oxygens (including phenoxy) is 2. The van der Waals surface area contributed by atoms with Gasteiger partial charge in [0.15, 0.2) is 0 Å². The van der Waals surface area contributed by atoms with Crippen LogP contribution in [0.25, 0.3) is 10.8 Å². The summed E-state index contributed by atoms with van der Waals surface area (Å²) in [6, 6.07) is 23.5. The summed E-state index contributed by atoms with van der Waals surface area (Å²) in [5.41, 5.74) is 1.42. The van der Waals surface area contributed by atoms with Gasteiger partial charge in [0, 0.05) is 36.1 Å². The fraction of sp³-hybridized carbons (Fsp3) is 0.314. The van der Waals surface area contributed by atoms with Crippen molar-refractivity contribution >= 4 is 44.1 Å². The summed E-state index contributed by atoms with van der Waals surface area (Å²) < 4.78 is 40.5. The Hall–Kier alpha value is -4.81. The number of carbonyl (C=O) groups is 2. The van der Waals surface area contributed by atoms with Crippen molar-refractivity contribution in [1.29, 1.82) is 0 Å². The standard InChI is InChI=1S/C35H40N4O7S/c1-23-20-39(24(2)22-40)34(41)19-26-18-27(37-47(43,44)29-15-13-28(45-4)14-16-29)12-17-32(26)46-33(23)21-38(3)35(42)36-31-11-7-9-25-8-5-6-10-30(25)31/h5-18,23-24,33,37,40H,19-22H2,1-4H3,(H,36,42)/t23-,24+,33-/m0/s1. The molecule has 0 aliphatic carbocycles. The third-order valence-corrected chi connectivity index (χ3v) is 9.77. The summed E-state index contributed by atoms with van der Waals surface area (Å²) in [4.78, 5) is 30.2. The molecule has 0 saturated heterocycles. The van der Waals surface area contributed by atoms with Crippen LogP contribution in [-0.2, 0) is 21.2 Å². The van der Waals surface area contributed by atoms with E-state index in [1.54, 1.807) is 54.1 Å². The predicted molar refractivity (Wildman–Crippen MR) is 181 cm³/mol. The molecule has 3 amide bonds. The van der Waals surface area contributed by atoms with E-state index < -0.39 is 22.2 Å². The number of methoxy groups -OCH3 is 1. The summed E-state index contributed by atoms with van der Waals surface area (Å²) in [6.07, 6.45) is -0.618. The van der Waals surface area contributed by atoms with E-state index in [4.69, 9.17) is 9.47 Å². The lowest BCUT2D eigenvalue weighted by Gasteiger charge is -2.34. The van der Waals surface area contributed by atoms with Crippen molar-refractivity contribution < 1.29 is 32.6 Å². The summed E-state index contributed by atoms with van der Waals surface area (Å²) in [7, 11) is -0.761. The maximum Gasteiger partial charge on any atom is 0.321 e. The van der Waals surface area contributed by atoms with E-state index in [1.807, 2.05) is 49.4 Å². The molecule has 4 aromatic carbocycles. The number of aliphatic hydroxyl groups is 1. The summed E-state index contributed by atoms with van der Waals surface area (Å²) in [5, 5.41) is 14.9. The zero-order valence-electron chi connectivity index (χ0n) is 26.8. The number of carbonyl (C=O) groups excluding carboxylic acids is 2. The van der Waals surface area contributed by atoms with Crippen LogP contribution in [0, 0.1) is 5.92 Å². The van der Waals surface area contributed by atoms with Gasteiger partial charge in [-0.05, 0) is 60.8 Å². The summed E-state index contributed by atoms with van der Waals surface area (Å²) >= 11 is 0. The topological polar surface area (TPSA) is 138 Å². The van der Waals surface area contributed by atoms with Gasteiger partial charge >= 0.3 is 6.03 Å². The number of nitrogens with zero attached hydrogens (tertiary/aromatic N) is 2. The number of likely N-dealkylation sites (N-methyl/N-ethyl adjacent to an activating group) is 1. The Morgan fingerprint density at radius 1 is 1.09 bits per heavy atom. The van der Waals surface area contributed by atoms with Crippen LogP contribution in [0.4, 0.5) is 16.2 Å². The molecule has 3 atom stereocenters. The first-order chi connectivity index (χ1) is 22.5. The average Bonchev–Trinajstić information content (AvgIpc) is 3.11. The average molecular weight is 661 g/mol. The van der Waals surface area contributed by atoms with Crippen molar-refractivity contribution in [2.24, 2.45) is 5.92 Å². The molecule has 47 heavy (non-hydrogen) atoms. The highest BCUT2D eigenvalue weighted by molar-refractivity contribution is 7.92. The lowest BCUT2D eigenvalue weighted by atomic mass is 10.0. The van der Waals surface area contributed by atoms with Gasteiger partial charge in [0.05, 0.1) is 43.3 Å². The highest BCUT2D eigenvalue weighted by Crippen LogP contribution is 2.31. The molecule has 12 heteroatoms. The first-order valence-corrected chi connectivity index (χ1v) is 16.8. The van der Waals surface area contributed by atoms with Crippen LogP contribution in [-0.4, -0.2) is 81.3 Å². The minimum Gasteiger partial charge on any atom is -0.497 e. The van der Waals surface area contributed by atoms with Gasteiger partial charge in [-0.15, -0.1) is 0 Å². The van der Waals surface area contributed by atoms with Crippen molar-refractivity contribution in [3.8, 4) is 11.5 Å². The van der Waals surface area contributed by atoms with Crippen LogP contribution in [0.5, 0.6) is 11.5 Å². The summed E-state index contributed by atoms with van der Waals surface area (Å²) in [5.74, 6) is 0.462. The molecule has 3 N–H and O–H groups in total. The molecule has 0 aromatic heterocycles. The van der Waals surface area contributed by atoms with Crippen LogP contribution in [0.2, 0.25) is 0 Å². The second kappa shape index (κ2) is 14.3. The molecule has 11 nitrogen and oxygen atoms in total. The molecule has 0 saturated carbocycles. The number of sulfonamides is 1. The number of hydrogen-bond donors (Lipinski definition) is 3. The molecule has 0 unspecified atom stereocenters. The van der Waals surface area contributed by atoms with E-state index in [1.165, 1.54) is 19.2 Å². The van der Waals surface area contributed by atoms with E-state index in [0.29, 0.717) is 22.7 Å². The highest BCUT2D eigenvalue weighted by Gasteiger charge is 2.32. The quantitative estimate of drug-likeness (QED) is 0.231. The Morgan fingerprint density at radius 3 is 2.53 bits per heavy atom. The lowest BCUT2D eigenvalue weighted by Crippen LogP contribution is -2.48. The number of fused-ring (bicyclic) bond motifs is 2. The number of anilines is 2. The van der Waals surface area contributed by atoms with Crippen molar-refractivity contribution in [2.75, 3.05) is 43.9 Å². The van der Waals surface area contributed by atoms with Gasteiger partial charge in [0.1, 0.15) is 17.6 Å². The first kappa shape index (κ1) is 33.6. The molecule has 4 aromatic rings. The van der Waals surface area contributed by atoms with Gasteiger partial charge in [-0.3, -0.25) is 9.52 Å². The molecule has 0 radical (unpaired) electrons. The van der Waals surface area contributed by atoms with Crippen LogP contribution < -0.4 is 19.5 Å². The van der Waals surface area contributed by atoms with Gasteiger partial charge in [-0.2, -0.15) is 0 Å². The normalized spacial score (nSPS) is 17.4. The molecule has 248 valence electrons. The van der Waals surface area contributed by atoms with Crippen LogP contribution >= 0.6 is 0 Å². The largest absolute Gasteiger partial charge is 0.497 e. The van der Waals surface area contributed by atoms with Gasteiger partial charge < -0.3 is 29.7 Å². The molecular weight excluding hydrogens is 620 g/mol. The monoisotopic (exact) mass is 660 g/mol. The second-order valence-electron chi connectivity index (χ2n) is 11.8. The van der Waals surface area contributed by atoms with Crippen LogP contribution in [0.3, 0.4) is 0 Å². The Bertz CT molecular complexity index is 1840. The third-order valence-electron chi connectivity index (χ3n) is 8.37. The third kappa shape index (κ3) is 7.78. The van der Waals surface area contributed by atoms with Crippen molar-refractivity contribution in [3.05, 3.63) is 90.5 Å². The minimum absolute atomic E-state index is 0.0517. The molecule has 1 aliphatic rings. The predicted octanol–water partition coefficient (Wildman–Crippen LogP) is 4.96. The van der Waals surface area contributed by atoms with E-state index in [9.17, 15) is 23.1 Å². The fourth-order valence-electron chi connectivity index (χ4n) is 5.58. The fourth-order valence-corrected chi connectivity index (χ4v) is 6.63. The van der Waals surface area contributed by atoms with Gasteiger partial charge in [-0.1, -0.05) is 43.3 Å². The van der Waals surface area contributed by atoms with Gasteiger partial charge in [-0.25, -0.2) is 13.2 Å². The number of rotatable bonds is 9. The number of nitrogens with one attached hydrogen (secondary N) is 2. The Morgan fingerprint density at radius 2 is 1.81 bits per heavy atom. The Balaban J connectivity index is 1.40. The highest BCUT2D eigenvalue weighted by atomic mass is 32.2. The second-order valence-corrected chi connectivity index (χ2v) is 13.5. The van der Waals surface area contributed by atoms with E-state index >= 15 is 0 Å². The summed E-state index contributed by atoms with van der Waals surface area (Å²) in [6.45, 7) is 3.95. The lowest BCUT2D eigenvalue weighted by molar-refractivity contribution is -0.134. The molecule has 0 bridgehead atoms. The number of hydrogen-bond acceptors (Lipinski definition) is 7. The molecule has 1 aliphatic heterocycles. The van der Waals surface area contributed by atoms with Crippen molar-refractivity contribution in [2.45, 2.75) is 37.3 Å². The smallest absolute Gasteiger partial charge is 0.321 e. The molecule has 5 rings (SSSR count). The number of amides is 3. The number of urea groups is 1.